The molecule has 118 valence electrons. The lowest BCUT2D eigenvalue weighted by atomic mass is 10.3. The van der Waals surface area contributed by atoms with E-state index in [0.717, 1.165) is 21.2 Å². The molecule has 6 nitrogen and oxygen atoms in total. The van der Waals surface area contributed by atoms with E-state index in [2.05, 4.69) is 37.2 Å². The third-order valence-corrected chi connectivity index (χ3v) is 7.70. The minimum absolute atomic E-state index is 0.151. The van der Waals surface area contributed by atoms with E-state index in [0.29, 0.717) is 16.9 Å². The minimum atomic E-state index is -3.68. The lowest BCUT2D eigenvalue weighted by Crippen LogP contribution is -2.49. The molecule has 0 atom stereocenters. The molecule has 2 rings (SSSR count). The van der Waals surface area contributed by atoms with Crippen molar-refractivity contribution in [3.8, 4) is 0 Å². The van der Waals surface area contributed by atoms with E-state index in [1.165, 1.54) is 24.5 Å². The molecule has 1 aliphatic rings. The second-order valence-electron chi connectivity index (χ2n) is 4.58. The summed E-state index contributed by atoms with van der Waals surface area (Å²) in [7, 11) is -2.25. The third-order valence-electron chi connectivity index (χ3n) is 3.14. The molecule has 2 heterocycles. The van der Waals surface area contributed by atoms with Gasteiger partial charge in [-0.05, 0) is 37.9 Å². The molecule has 0 saturated carbocycles. The molecule has 1 fully saturated rings. The summed E-state index contributed by atoms with van der Waals surface area (Å²) in [6.07, 6.45) is 0. The number of sulfonamides is 1. The average molecular weight is 461 g/mol. The highest BCUT2D eigenvalue weighted by Crippen LogP contribution is 2.35. The summed E-state index contributed by atoms with van der Waals surface area (Å²) in [5.41, 5.74) is 0. The Bertz CT molecular complexity index is 627. The Hall–Kier alpha value is -0.000000000000000333. The Morgan fingerprint density at radius 1 is 1.43 bits per heavy atom. The van der Waals surface area contributed by atoms with E-state index in [1.54, 1.807) is 4.90 Å². The van der Waals surface area contributed by atoms with Crippen molar-refractivity contribution >= 4 is 59.1 Å². The van der Waals surface area contributed by atoms with Gasteiger partial charge in [0.25, 0.3) is 0 Å². The maximum atomic E-state index is 12.5. The number of likely N-dealkylation sites (N-methyl/N-ethyl adjacent to an activating group) is 1. The summed E-state index contributed by atoms with van der Waals surface area (Å²) >= 11 is 7.79. The zero-order valence-electron chi connectivity index (χ0n) is 11.3. The standard InChI is InChI=1S/C11H15Br2N3O3S2/c1-15(7-10(17)16-4-2-14-3-5-16)21(18,19)8-6-9(12)20-11(8)13/h6,14H,2-5,7H2,1H3. The summed E-state index contributed by atoms with van der Waals surface area (Å²) < 4.78 is 27.3. The Kier molecular flexibility index (Phi) is 5.83. The van der Waals surface area contributed by atoms with Crippen LogP contribution in [0.1, 0.15) is 0 Å². The number of nitrogens with zero attached hydrogens (tertiary/aromatic N) is 2. The van der Waals surface area contributed by atoms with Crippen LogP contribution >= 0.6 is 43.2 Å². The normalized spacial score (nSPS) is 16.5. The predicted molar refractivity (Wildman–Crippen MR) is 89.0 cm³/mol. The molecule has 0 radical (unpaired) electrons. The van der Waals surface area contributed by atoms with Gasteiger partial charge in [-0.25, -0.2) is 8.42 Å². The van der Waals surface area contributed by atoms with Crippen molar-refractivity contribution in [1.82, 2.24) is 14.5 Å². The second-order valence-corrected chi connectivity index (χ2v) is 10.3. The van der Waals surface area contributed by atoms with E-state index in [1.807, 2.05) is 0 Å². The summed E-state index contributed by atoms with van der Waals surface area (Å²) in [5.74, 6) is -0.173. The van der Waals surface area contributed by atoms with Gasteiger partial charge in [0.05, 0.1) is 14.1 Å². The Morgan fingerprint density at radius 2 is 2.05 bits per heavy atom. The van der Waals surface area contributed by atoms with E-state index >= 15 is 0 Å². The summed E-state index contributed by atoms with van der Waals surface area (Å²) in [6, 6.07) is 1.54. The van der Waals surface area contributed by atoms with Crippen molar-refractivity contribution in [1.29, 1.82) is 0 Å². The number of rotatable bonds is 4. The monoisotopic (exact) mass is 459 g/mol. The van der Waals surface area contributed by atoms with E-state index in [4.69, 9.17) is 0 Å². The molecule has 10 heteroatoms. The minimum Gasteiger partial charge on any atom is -0.339 e. The molecule has 0 aliphatic carbocycles. The Morgan fingerprint density at radius 3 is 2.57 bits per heavy atom. The summed E-state index contributed by atoms with van der Waals surface area (Å²) in [4.78, 5) is 14.0. The van der Waals surface area contributed by atoms with Crippen molar-refractivity contribution in [2.24, 2.45) is 0 Å². The molecule has 0 spiro atoms. The Labute approximate surface area is 144 Å². The van der Waals surface area contributed by atoms with Crippen LogP contribution in [0.3, 0.4) is 0 Å². The van der Waals surface area contributed by atoms with Gasteiger partial charge in [0.2, 0.25) is 15.9 Å². The zero-order valence-corrected chi connectivity index (χ0v) is 16.1. The first kappa shape index (κ1) is 17.4. The number of carbonyl (C=O) groups is 1. The zero-order chi connectivity index (χ0) is 15.6. The van der Waals surface area contributed by atoms with Gasteiger partial charge in [-0.15, -0.1) is 11.3 Å². The topological polar surface area (TPSA) is 69.7 Å². The maximum absolute atomic E-state index is 12.5. The molecule has 0 aromatic carbocycles. The van der Waals surface area contributed by atoms with Gasteiger partial charge in [0.1, 0.15) is 4.90 Å². The fraction of sp³-hybridized carbons (Fsp3) is 0.545. The van der Waals surface area contributed by atoms with Crippen LogP contribution in [0.4, 0.5) is 0 Å². The van der Waals surface area contributed by atoms with Gasteiger partial charge in [-0.2, -0.15) is 4.31 Å². The molecule has 0 unspecified atom stereocenters. The van der Waals surface area contributed by atoms with E-state index in [9.17, 15) is 13.2 Å². The van der Waals surface area contributed by atoms with Gasteiger partial charge >= 0.3 is 0 Å². The maximum Gasteiger partial charge on any atom is 0.245 e. The van der Waals surface area contributed by atoms with Gasteiger partial charge in [-0.3, -0.25) is 4.79 Å². The van der Waals surface area contributed by atoms with Crippen LogP contribution in [0.25, 0.3) is 0 Å². The first-order valence-corrected chi connectivity index (χ1v) is 10.1. The van der Waals surface area contributed by atoms with Crippen LogP contribution in [-0.2, 0) is 14.8 Å². The summed E-state index contributed by atoms with van der Waals surface area (Å²) in [6.45, 7) is 2.56. The van der Waals surface area contributed by atoms with Crippen molar-refractivity contribution in [2.75, 3.05) is 39.8 Å². The number of halogens is 2. The SMILES string of the molecule is CN(CC(=O)N1CCNCC1)S(=O)(=O)c1cc(Br)sc1Br. The molecule has 1 N–H and O–H groups in total. The van der Waals surface area contributed by atoms with Crippen molar-refractivity contribution < 1.29 is 13.2 Å². The molecule has 21 heavy (non-hydrogen) atoms. The van der Waals surface area contributed by atoms with Crippen molar-refractivity contribution in [3.63, 3.8) is 0 Å². The first-order valence-electron chi connectivity index (χ1n) is 6.22. The average Bonchev–Trinajstić information content (AvgIpc) is 2.79. The van der Waals surface area contributed by atoms with Crippen molar-refractivity contribution in [3.05, 3.63) is 13.6 Å². The fourth-order valence-electron chi connectivity index (χ4n) is 1.96. The third kappa shape index (κ3) is 4.05. The number of nitrogens with one attached hydrogen (secondary N) is 1. The fourth-order valence-corrected chi connectivity index (χ4v) is 6.84. The highest BCUT2D eigenvalue weighted by molar-refractivity contribution is 9.12. The van der Waals surface area contributed by atoms with Crippen molar-refractivity contribution in [2.45, 2.75) is 4.90 Å². The lowest BCUT2D eigenvalue weighted by molar-refractivity contribution is -0.131. The van der Waals surface area contributed by atoms with Crippen LogP contribution in [0.15, 0.2) is 18.5 Å². The molecule has 1 aromatic heterocycles. The molecule has 1 aromatic rings. The lowest BCUT2D eigenvalue weighted by Gasteiger charge is -2.29. The number of carbonyl (C=O) groups excluding carboxylic acids is 1. The van der Waals surface area contributed by atoms with Gasteiger partial charge in [0, 0.05) is 33.2 Å². The second kappa shape index (κ2) is 7.05. The van der Waals surface area contributed by atoms with E-state index in [-0.39, 0.29) is 17.3 Å². The molecule has 0 bridgehead atoms. The predicted octanol–water partition coefficient (Wildman–Crippen LogP) is 1.33. The van der Waals surface area contributed by atoms with E-state index < -0.39 is 10.0 Å². The van der Waals surface area contributed by atoms with Crippen LogP contribution in [0.5, 0.6) is 0 Å². The Balaban J connectivity index is 2.09. The smallest absolute Gasteiger partial charge is 0.245 e. The number of hydrogen-bond donors (Lipinski definition) is 1. The number of amides is 1. The van der Waals surface area contributed by atoms with Crippen LogP contribution in [0.2, 0.25) is 0 Å². The quantitative estimate of drug-likeness (QED) is 0.735. The highest BCUT2D eigenvalue weighted by atomic mass is 79.9. The molecule has 1 aliphatic heterocycles. The van der Waals surface area contributed by atoms with Gasteiger partial charge < -0.3 is 10.2 Å². The number of thiophene rings is 1. The molecular weight excluding hydrogens is 446 g/mol. The molecule has 1 saturated heterocycles. The molecule has 1 amide bonds. The number of piperazine rings is 1. The summed E-state index contributed by atoms with van der Waals surface area (Å²) in [5, 5.41) is 3.15. The first-order chi connectivity index (χ1) is 9.82. The number of hydrogen-bond acceptors (Lipinski definition) is 5. The van der Waals surface area contributed by atoms with Crippen LogP contribution in [-0.4, -0.2) is 63.3 Å². The largest absolute Gasteiger partial charge is 0.339 e. The molecular formula is C11H15Br2N3O3S2. The van der Waals surface area contributed by atoms with Crippen LogP contribution in [0, 0.1) is 0 Å². The van der Waals surface area contributed by atoms with Gasteiger partial charge in [0.15, 0.2) is 0 Å². The highest BCUT2D eigenvalue weighted by Gasteiger charge is 2.28. The van der Waals surface area contributed by atoms with Crippen LogP contribution < -0.4 is 5.32 Å². The van der Waals surface area contributed by atoms with Gasteiger partial charge in [-0.1, -0.05) is 0 Å².